The normalized spacial score (nSPS) is 10.7. The Morgan fingerprint density at radius 2 is 1.85 bits per heavy atom. The number of hydrogen-bond donors (Lipinski definition) is 0. The van der Waals surface area contributed by atoms with Crippen LogP contribution in [0.4, 0.5) is 0 Å². The summed E-state index contributed by atoms with van der Waals surface area (Å²) >= 11 is 0. The molecule has 0 unspecified atom stereocenters. The van der Waals surface area contributed by atoms with Crippen molar-refractivity contribution in [1.82, 2.24) is 15.0 Å². The largest absolute Gasteiger partial charge is 0.292 e. The molecule has 0 atom stereocenters. The maximum Gasteiger partial charge on any atom is 0.184 e. The molecule has 0 radical (unpaired) electrons. The van der Waals surface area contributed by atoms with E-state index in [-0.39, 0.29) is 5.78 Å². The molecule has 0 saturated heterocycles. The zero-order valence-corrected chi connectivity index (χ0v) is 12.0. The number of nitrogens with zero attached hydrogens (tertiary/aromatic N) is 3. The van der Waals surface area contributed by atoms with Crippen LogP contribution in [0.3, 0.4) is 0 Å². The van der Waals surface area contributed by atoms with Crippen LogP contribution in [-0.2, 0) is 0 Å². The first-order valence-electron chi connectivity index (χ1n) is 7.32. The third-order valence-corrected chi connectivity index (χ3v) is 3.27. The minimum absolute atomic E-state index is 0.0867. The topological polar surface area (TPSA) is 47.8 Å². The second kappa shape index (κ2) is 7.58. The molecule has 0 aliphatic rings. The Bertz CT molecular complexity index is 534. The van der Waals surface area contributed by atoms with Crippen LogP contribution < -0.4 is 0 Å². The molecule has 2 rings (SSSR count). The lowest BCUT2D eigenvalue weighted by molar-refractivity contribution is 0.0974. The standard InChI is InChI=1S/C16H21N3O/c1-2-3-4-5-9-12-16(20)15-13-17-19(18-15)14-10-7-6-8-11-14/h6-8,10-11,13H,2-5,9,12H2,1H3. The summed E-state index contributed by atoms with van der Waals surface area (Å²) in [6.45, 7) is 2.19. The second-order valence-electron chi connectivity index (χ2n) is 4.94. The summed E-state index contributed by atoms with van der Waals surface area (Å²) in [4.78, 5) is 13.5. The second-order valence-corrected chi connectivity index (χ2v) is 4.94. The van der Waals surface area contributed by atoms with Crippen molar-refractivity contribution in [3.05, 3.63) is 42.2 Å². The van der Waals surface area contributed by atoms with Crippen molar-refractivity contribution in [2.45, 2.75) is 45.4 Å². The number of ketones is 1. The van der Waals surface area contributed by atoms with Crippen LogP contribution in [-0.4, -0.2) is 20.8 Å². The lowest BCUT2D eigenvalue weighted by Gasteiger charge is -1.99. The summed E-state index contributed by atoms with van der Waals surface area (Å²) in [5.74, 6) is 0.0867. The number of hydrogen-bond acceptors (Lipinski definition) is 3. The van der Waals surface area contributed by atoms with Gasteiger partial charge in [0.25, 0.3) is 0 Å². The predicted molar refractivity (Wildman–Crippen MR) is 79.1 cm³/mol. The monoisotopic (exact) mass is 271 g/mol. The first-order valence-corrected chi connectivity index (χ1v) is 7.32. The molecule has 0 N–H and O–H groups in total. The maximum absolute atomic E-state index is 12.0. The molecule has 4 nitrogen and oxygen atoms in total. The van der Waals surface area contributed by atoms with Crippen LogP contribution in [0, 0.1) is 0 Å². The Balaban J connectivity index is 1.87. The quantitative estimate of drug-likeness (QED) is 0.542. The average molecular weight is 271 g/mol. The molecule has 0 fully saturated rings. The van der Waals surface area contributed by atoms with Crippen LogP contribution >= 0.6 is 0 Å². The van der Waals surface area contributed by atoms with E-state index in [0.717, 1.165) is 18.5 Å². The molecular formula is C16H21N3O. The summed E-state index contributed by atoms with van der Waals surface area (Å²) in [6.07, 6.45) is 7.86. The highest BCUT2D eigenvalue weighted by Crippen LogP contribution is 2.09. The summed E-state index contributed by atoms with van der Waals surface area (Å²) in [6, 6.07) is 9.62. The molecule has 106 valence electrons. The Labute approximate surface area is 119 Å². The van der Waals surface area contributed by atoms with E-state index >= 15 is 0 Å². The van der Waals surface area contributed by atoms with Gasteiger partial charge in [0.05, 0.1) is 11.9 Å². The highest BCUT2D eigenvalue weighted by atomic mass is 16.1. The van der Waals surface area contributed by atoms with Gasteiger partial charge in [-0.2, -0.15) is 9.90 Å². The van der Waals surface area contributed by atoms with Crippen LogP contribution in [0.15, 0.2) is 36.5 Å². The van der Waals surface area contributed by atoms with Crippen LogP contribution in [0.5, 0.6) is 0 Å². The fraction of sp³-hybridized carbons (Fsp3) is 0.438. The van der Waals surface area contributed by atoms with E-state index in [1.54, 1.807) is 6.20 Å². The molecule has 0 aliphatic heterocycles. The van der Waals surface area contributed by atoms with Gasteiger partial charge >= 0.3 is 0 Å². The molecule has 0 spiro atoms. The van der Waals surface area contributed by atoms with Gasteiger partial charge in [0.15, 0.2) is 5.78 Å². The maximum atomic E-state index is 12.0. The Morgan fingerprint density at radius 1 is 1.10 bits per heavy atom. The van der Waals surface area contributed by atoms with Gasteiger partial charge in [0, 0.05) is 6.42 Å². The molecule has 1 heterocycles. The van der Waals surface area contributed by atoms with E-state index in [0.29, 0.717) is 12.1 Å². The van der Waals surface area contributed by atoms with Gasteiger partial charge in [0.2, 0.25) is 0 Å². The molecule has 0 amide bonds. The van der Waals surface area contributed by atoms with Gasteiger partial charge in [-0.25, -0.2) is 0 Å². The fourth-order valence-corrected chi connectivity index (χ4v) is 2.09. The predicted octanol–water partition coefficient (Wildman–Crippen LogP) is 3.81. The average Bonchev–Trinajstić information content (AvgIpc) is 2.98. The number of rotatable bonds is 8. The zero-order chi connectivity index (χ0) is 14.2. The van der Waals surface area contributed by atoms with Gasteiger partial charge in [-0.1, -0.05) is 50.8 Å². The number of unbranched alkanes of at least 4 members (excludes halogenated alkanes) is 4. The van der Waals surface area contributed by atoms with E-state index < -0.39 is 0 Å². The number of aromatic nitrogens is 3. The van der Waals surface area contributed by atoms with Gasteiger partial charge in [-0.05, 0) is 18.6 Å². The Kier molecular flexibility index (Phi) is 5.47. The minimum Gasteiger partial charge on any atom is -0.292 e. The number of carbonyl (C=O) groups is 1. The van der Waals surface area contributed by atoms with E-state index in [1.165, 1.54) is 24.1 Å². The van der Waals surface area contributed by atoms with Crippen molar-refractivity contribution < 1.29 is 4.79 Å². The van der Waals surface area contributed by atoms with Crippen molar-refractivity contribution in [3.63, 3.8) is 0 Å². The van der Waals surface area contributed by atoms with Crippen molar-refractivity contribution in [1.29, 1.82) is 0 Å². The minimum atomic E-state index is 0.0867. The van der Waals surface area contributed by atoms with E-state index in [1.807, 2.05) is 30.3 Å². The zero-order valence-electron chi connectivity index (χ0n) is 12.0. The van der Waals surface area contributed by atoms with E-state index in [9.17, 15) is 4.79 Å². The molecule has 1 aromatic carbocycles. The van der Waals surface area contributed by atoms with Crippen LogP contribution in [0.25, 0.3) is 5.69 Å². The molecule has 0 aliphatic carbocycles. The number of carbonyl (C=O) groups excluding carboxylic acids is 1. The highest BCUT2D eigenvalue weighted by molar-refractivity contribution is 5.93. The SMILES string of the molecule is CCCCCCCC(=O)c1cnn(-c2ccccc2)n1. The third-order valence-electron chi connectivity index (χ3n) is 3.27. The van der Waals surface area contributed by atoms with Gasteiger partial charge in [-0.15, -0.1) is 5.10 Å². The third kappa shape index (κ3) is 4.02. The molecular weight excluding hydrogens is 250 g/mol. The highest BCUT2D eigenvalue weighted by Gasteiger charge is 2.10. The summed E-state index contributed by atoms with van der Waals surface area (Å²) in [5.41, 5.74) is 1.33. The molecule has 2 aromatic rings. The smallest absolute Gasteiger partial charge is 0.184 e. The lowest BCUT2D eigenvalue weighted by Crippen LogP contribution is -2.03. The molecule has 1 aromatic heterocycles. The Morgan fingerprint density at radius 3 is 2.60 bits per heavy atom. The first kappa shape index (κ1) is 14.4. The van der Waals surface area contributed by atoms with Gasteiger partial charge < -0.3 is 0 Å². The molecule has 4 heteroatoms. The van der Waals surface area contributed by atoms with E-state index in [4.69, 9.17) is 0 Å². The molecule has 0 bridgehead atoms. The van der Waals surface area contributed by atoms with Crippen molar-refractivity contribution in [3.8, 4) is 5.69 Å². The molecule has 20 heavy (non-hydrogen) atoms. The molecule has 0 saturated carbocycles. The van der Waals surface area contributed by atoms with Crippen molar-refractivity contribution in [2.75, 3.05) is 0 Å². The number of benzene rings is 1. The van der Waals surface area contributed by atoms with E-state index in [2.05, 4.69) is 17.1 Å². The van der Waals surface area contributed by atoms with Gasteiger partial charge in [-0.3, -0.25) is 4.79 Å². The van der Waals surface area contributed by atoms with Crippen LogP contribution in [0.2, 0.25) is 0 Å². The lowest BCUT2D eigenvalue weighted by atomic mass is 10.1. The Hall–Kier alpha value is -1.97. The van der Waals surface area contributed by atoms with Crippen LogP contribution in [0.1, 0.15) is 55.9 Å². The first-order chi connectivity index (χ1) is 9.81. The fourth-order valence-electron chi connectivity index (χ4n) is 2.09. The summed E-state index contributed by atoms with van der Waals surface area (Å²) in [7, 11) is 0. The van der Waals surface area contributed by atoms with Gasteiger partial charge in [0.1, 0.15) is 5.69 Å². The van der Waals surface area contributed by atoms with Crippen molar-refractivity contribution >= 4 is 5.78 Å². The number of para-hydroxylation sites is 1. The van der Waals surface area contributed by atoms with Crippen molar-refractivity contribution in [2.24, 2.45) is 0 Å². The summed E-state index contributed by atoms with van der Waals surface area (Å²) < 4.78 is 0. The number of Topliss-reactive ketones (excluding diaryl/α,β-unsaturated/α-hetero) is 1. The summed E-state index contributed by atoms with van der Waals surface area (Å²) in [5, 5.41) is 8.40.